The van der Waals surface area contributed by atoms with Gasteiger partial charge in [0.25, 0.3) is 5.91 Å². The normalized spacial score (nSPS) is 19.2. The van der Waals surface area contributed by atoms with Crippen molar-refractivity contribution in [2.45, 2.75) is 44.7 Å². The Morgan fingerprint density at radius 3 is 2.91 bits per heavy atom. The summed E-state index contributed by atoms with van der Waals surface area (Å²) in [5, 5.41) is 4.65. The molecule has 124 valence electrons. The molecule has 3 N–H and O–H groups in total. The average Bonchev–Trinajstić information content (AvgIpc) is 3.01. The lowest BCUT2D eigenvalue weighted by Crippen LogP contribution is -2.52. The van der Waals surface area contributed by atoms with Crippen molar-refractivity contribution in [1.82, 2.24) is 10.2 Å². The predicted molar refractivity (Wildman–Crippen MR) is 91.5 cm³/mol. The zero-order valence-corrected chi connectivity index (χ0v) is 14.4. The molecule has 1 aromatic heterocycles. The summed E-state index contributed by atoms with van der Waals surface area (Å²) < 4.78 is 0. The van der Waals surface area contributed by atoms with Gasteiger partial charge >= 0.3 is 0 Å². The van der Waals surface area contributed by atoms with Gasteiger partial charge in [-0.1, -0.05) is 6.07 Å². The van der Waals surface area contributed by atoms with Crippen molar-refractivity contribution < 1.29 is 9.59 Å². The SMILES string of the molecule is CC(N)C1CCCCN1C(=O)CCNC(=O)c1cccs1.Cl. The van der Waals surface area contributed by atoms with E-state index in [0.29, 0.717) is 17.8 Å². The zero-order chi connectivity index (χ0) is 15.2. The molecule has 5 nitrogen and oxygen atoms in total. The van der Waals surface area contributed by atoms with E-state index in [2.05, 4.69) is 5.32 Å². The number of nitrogens with two attached hydrogens (primary N) is 1. The second-order valence-corrected chi connectivity index (χ2v) is 6.44. The first-order valence-corrected chi connectivity index (χ1v) is 8.34. The van der Waals surface area contributed by atoms with E-state index in [1.54, 1.807) is 6.07 Å². The second-order valence-electron chi connectivity index (χ2n) is 5.49. The molecule has 7 heteroatoms. The number of amides is 2. The lowest BCUT2D eigenvalue weighted by Gasteiger charge is -2.38. The van der Waals surface area contributed by atoms with Crippen LogP contribution in [0.4, 0.5) is 0 Å². The number of hydrogen-bond donors (Lipinski definition) is 2. The van der Waals surface area contributed by atoms with Crippen LogP contribution in [0, 0.1) is 0 Å². The maximum atomic E-state index is 12.3. The summed E-state index contributed by atoms with van der Waals surface area (Å²) in [6, 6.07) is 3.75. The van der Waals surface area contributed by atoms with Gasteiger partial charge in [0.1, 0.15) is 0 Å². The second kappa shape index (κ2) is 9.12. The van der Waals surface area contributed by atoms with Gasteiger partial charge in [0, 0.05) is 31.6 Å². The maximum absolute atomic E-state index is 12.3. The number of piperidine rings is 1. The highest BCUT2D eigenvalue weighted by atomic mass is 35.5. The summed E-state index contributed by atoms with van der Waals surface area (Å²) in [4.78, 5) is 26.7. The van der Waals surface area contributed by atoms with E-state index in [1.807, 2.05) is 23.3 Å². The van der Waals surface area contributed by atoms with Crippen LogP contribution in [-0.4, -0.2) is 41.9 Å². The quantitative estimate of drug-likeness (QED) is 0.857. The molecular weight excluding hydrogens is 322 g/mol. The molecule has 2 rings (SSSR count). The number of halogens is 1. The van der Waals surface area contributed by atoms with Gasteiger partial charge in [-0.25, -0.2) is 0 Å². The van der Waals surface area contributed by atoms with Crippen molar-refractivity contribution in [3.8, 4) is 0 Å². The highest BCUT2D eigenvalue weighted by Crippen LogP contribution is 2.19. The Kier molecular flexibility index (Phi) is 7.85. The molecule has 2 atom stereocenters. The van der Waals surface area contributed by atoms with E-state index in [9.17, 15) is 9.59 Å². The number of carbonyl (C=O) groups excluding carboxylic acids is 2. The van der Waals surface area contributed by atoms with E-state index in [0.717, 1.165) is 25.8 Å². The van der Waals surface area contributed by atoms with E-state index in [4.69, 9.17) is 5.73 Å². The standard InChI is InChI=1S/C15H23N3O2S.ClH/c1-11(16)12-5-2-3-9-18(12)14(19)7-8-17-15(20)13-6-4-10-21-13;/h4,6,10-12H,2-3,5,7-9,16H2,1H3,(H,17,20);1H. The molecule has 2 amide bonds. The first-order chi connectivity index (χ1) is 10.1. The van der Waals surface area contributed by atoms with Gasteiger partial charge in [0.15, 0.2) is 0 Å². The first kappa shape index (κ1) is 18.9. The minimum atomic E-state index is -0.111. The van der Waals surface area contributed by atoms with Gasteiger partial charge in [-0.3, -0.25) is 9.59 Å². The summed E-state index contributed by atoms with van der Waals surface area (Å²) in [5.41, 5.74) is 5.97. The Morgan fingerprint density at radius 2 is 2.27 bits per heavy atom. The van der Waals surface area contributed by atoms with Gasteiger partial charge < -0.3 is 16.0 Å². The third kappa shape index (κ3) is 4.97. The molecule has 22 heavy (non-hydrogen) atoms. The van der Waals surface area contributed by atoms with Gasteiger partial charge in [-0.05, 0) is 37.6 Å². The van der Waals surface area contributed by atoms with E-state index < -0.39 is 0 Å². The molecule has 0 spiro atoms. The molecule has 0 aliphatic carbocycles. The van der Waals surface area contributed by atoms with E-state index >= 15 is 0 Å². The molecular formula is C15H24ClN3O2S. The van der Waals surface area contributed by atoms with Crippen LogP contribution in [0.3, 0.4) is 0 Å². The maximum Gasteiger partial charge on any atom is 0.261 e. The van der Waals surface area contributed by atoms with Gasteiger partial charge in [-0.2, -0.15) is 0 Å². The number of thiophene rings is 1. The number of nitrogens with zero attached hydrogens (tertiary/aromatic N) is 1. The first-order valence-electron chi connectivity index (χ1n) is 7.46. The molecule has 2 unspecified atom stereocenters. The van der Waals surface area contributed by atoms with E-state index in [1.165, 1.54) is 11.3 Å². The summed E-state index contributed by atoms with van der Waals surface area (Å²) in [5.74, 6) is -0.0244. The van der Waals surface area contributed by atoms with Crippen LogP contribution in [0.1, 0.15) is 42.3 Å². The molecule has 1 aliphatic heterocycles. The van der Waals surface area contributed by atoms with Gasteiger partial charge in [0.2, 0.25) is 5.91 Å². The monoisotopic (exact) mass is 345 g/mol. The van der Waals surface area contributed by atoms with Crippen LogP contribution < -0.4 is 11.1 Å². The average molecular weight is 346 g/mol. The van der Waals surface area contributed by atoms with Crippen molar-refractivity contribution in [1.29, 1.82) is 0 Å². The van der Waals surface area contributed by atoms with Crippen molar-refractivity contribution >= 4 is 35.6 Å². The molecule has 2 heterocycles. The fraction of sp³-hybridized carbons (Fsp3) is 0.600. The Hall–Kier alpha value is -1.11. The number of hydrogen-bond acceptors (Lipinski definition) is 4. The number of nitrogens with one attached hydrogen (secondary N) is 1. The Bertz CT molecular complexity index is 479. The number of carbonyl (C=O) groups is 2. The number of rotatable bonds is 5. The van der Waals surface area contributed by atoms with Gasteiger partial charge in [-0.15, -0.1) is 23.7 Å². The van der Waals surface area contributed by atoms with Crippen LogP contribution in [-0.2, 0) is 4.79 Å². The summed E-state index contributed by atoms with van der Waals surface area (Å²) in [6.45, 7) is 3.11. The van der Waals surface area contributed by atoms with Crippen molar-refractivity contribution in [2.24, 2.45) is 5.73 Å². The molecule has 0 bridgehead atoms. The third-order valence-corrected chi connectivity index (χ3v) is 4.71. The van der Waals surface area contributed by atoms with Crippen molar-refractivity contribution in [3.63, 3.8) is 0 Å². The predicted octanol–water partition coefficient (Wildman–Crippen LogP) is 2.02. The Labute approximate surface area is 141 Å². The van der Waals surface area contributed by atoms with E-state index in [-0.39, 0.29) is 36.3 Å². The molecule has 1 fully saturated rings. The fourth-order valence-electron chi connectivity index (χ4n) is 2.74. The summed E-state index contributed by atoms with van der Waals surface area (Å²) in [7, 11) is 0. The largest absolute Gasteiger partial charge is 0.351 e. The topological polar surface area (TPSA) is 75.4 Å². The highest BCUT2D eigenvalue weighted by molar-refractivity contribution is 7.12. The minimum Gasteiger partial charge on any atom is -0.351 e. The molecule has 1 aliphatic rings. The zero-order valence-electron chi connectivity index (χ0n) is 12.8. The molecule has 1 aromatic rings. The highest BCUT2D eigenvalue weighted by Gasteiger charge is 2.28. The molecule has 0 aromatic carbocycles. The van der Waals surface area contributed by atoms with Crippen LogP contribution in [0.2, 0.25) is 0 Å². The van der Waals surface area contributed by atoms with Crippen LogP contribution in [0.5, 0.6) is 0 Å². The minimum absolute atomic E-state index is 0. The van der Waals surface area contributed by atoms with Crippen LogP contribution >= 0.6 is 23.7 Å². The number of likely N-dealkylation sites (tertiary alicyclic amines) is 1. The molecule has 0 radical (unpaired) electrons. The van der Waals surface area contributed by atoms with Crippen LogP contribution in [0.15, 0.2) is 17.5 Å². The summed E-state index contributed by atoms with van der Waals surface area (Å²) in [6.07, 6.45) is 3.48. The summed E-state index contributed by atoms with van der Waals surface area (Å²) >= 11 is 1.40. The lowest BCUT2D eigenvalue weighted by atomic mass is 9.96. The molecule has 1 saturated heterocycles. The smallest absolute Gasteiger partial charge is 0.261 e. The fourth-order valence-corrected chi connectivity index (χ4v) is 3.38. The molecule has 0 saturated carbocycles. The Balaban J connectivity index is 0.00000242. The Morgan fingerprint density at radius 1 is 1.50 bits per heavy atom. The lowest BCUT2D eigenvalue weighted by molar-refractivity contribution is -0.135. The van der Waals surface area contributed by atoms with Gasteiger partial charge in [0.05, 0.1) is 4.88 Å². The third-order valence-electron chi connectivity index (χ3n) is 3.85. The van der Waals surface area contributed by atoms with Crippen molar-refractivity contribution in [2.75, 3.05) is 13.1 Å². The van der Waals surface area contributed by atoms with Crippen molar-refractivity contribution in [3.05, 3.63) is 22.4 Å². The van der Waals surface area contributed by atoms with Crippen LogP contribution in [0.25, 0.3) is 0 Å².